The third-order valence-corrected chi connectivity index (χ3v) is 6.56. The van der Waals surface area contributed by atoms with Gasteiger partial charge in [0, 0.05) is 6.04 Å². The van der Waals surface area contributed by atoms with Crippen LogP contribution in [0.4, 0.5) is 0 Å². The third kappa shape index (κ3) is 2.36. The van der Waals surface area contributed by atoms with Gasteiger partial charge in [-0.15, -0.1) is 0 Å². The fourth-order valence-electron chi connectivity index (χ4n) is 3.99. The molecule has 2 aliphatic carbocycles. The Kier molecular flexibility index (Phi) is 3.05. The molecule has 2 saturated carbocycles. The van der Waals surface area contributed by atoms with Crippen molar-refractivity contribution < 1.29 is 8.42 Å². The summed E-state index contributed by atoms with van der Waals surface area (Å²) >= 11 is 0. The summed E-state index contributed by atoms with van der Waals surface area (Å²) < 4.78 is 28.1. The van der Waals surface area contributed by atoms with Gasteiger partial charge in [-0.1, -0.05) is 36.8 Å². The summed E-state index contributed by atoms with van der Waals surface area (Å²) in [5.41, 5.74) is 0. The molecule has 0 aromatic heterocycles. The SMILES string of the molecule is O=S(=O)(N[C@@H]1C[C@@H]2CC[C@@H]1C2)c1ccc2ccccc2c1. The molecule has 0 amide bonds. The van der Waals surface area contributed by atoms with Gasteiger partial charge in [-0.3, -0.25) is 0 Å². The summed E-state index contributed by atoms with van der Waals surface area (Å²) in [6, 6.07) is 13.3. The van der Waals surface area contributed by atoms with Crippen molar-refractivity contribution in [2.24, 2.45) is 11.8 Å². The fraction of sp³-hybridized carbons (Fsp3) is 0.412. The average Bonchev–Trinajstić information content (AvgIpc) is 3.09. The summed E-state index contributed by atoms with van der Waals surface area (Å²) in [4.78, 5) is 0.379. The van der Waals surface area contributed by atoms with E-state index in [2.05, 4.69) is 4.72 Å². The van der Waals surface area contributed by atoms with E-state index in [1.54, 1.807) is 12.1 Å². The van der Waals surface area contributed by atoms with Crippen LogP contribution in [0.1, 0.15) is 25.7 Å². The zero-order chi connectivity index (χ0) is 14.4. The predicted molar refractivity (Wildman–Crippen MR) is 83.5 cm³/mol. The van der Waals surface area contributed by atoms with Crippen molar-refractivity contribution in [1.29, 1.82) is 0 Å². The van der Waals surface area contributed by atoms with E-state index in [1.165, 1.54) is 19.3 Å². The first-order valence-corrected chi connectivity index (χ1v) is 9.11. The van der Waals surface area contributed by atoms with Crippen LogP contribution in [0.5, 0.6) is 0 Å². The monoisotopic (exact) mass is 301 g/mol. The molecule has 2 bridgehead atoms. The Morgan fingerprint density at radius 2 is 1.76 bits per heavy atom. The summed E-state index contributed by atoms with van der Waals surface area (Å²) in [6.07, 6.45) is 4.66. The molecule has 4 rings (SSSR count). The highest BCUT2D eigenvalue weighted by atomic mass is 32.2. The molecule has 1 N–H and O–H groups in total. The van der Waals surface area contributed by atoms with E-state index >= 15 is 0 Å². The van der Waals surface area contributed by atoms with E-state index in [1.807, 2.05) is 30.3 Å². The van der Waals surface area contributed by atoms with Crippen LogP contribution in [-0.2, 0) is 10.0 Å². The van der Waals surface area contributed by atoms with Crippen LogP contribution in [0, 0.1) is 11.8 Å². The number of hydrogen-bond acceptors (Lipinski definition) is 2. The highest BCUT2D eigenvalue weighted by Gasteiger charge is 2.41. The zero-order valence-electron chi connectivity index (χ0n) is 11.8. The molecule has 110 valence electrons. The Morgan fingerprint density at radius 1 is 0.952 bits per heavy atom. The summed E-state index contributed by atoms with van der Waals surface area (Å²) in [7, 11) is -3.41. The third-order valence-electron chi connectivity index (χ3n) is 5.08. The van der Waals surface area contributed by atoms with Gasteiger partial charge in [-0.25, -0.2) is 13.1 Å². The van der Waals surface area contributed by atoms with Crippen LogP contribution in [0.15, 0.2) is 47.4 Å². The number of benzene rings is 2. The number of fused-ring (bicyclic) bond motifs is 3. The first kappa shape index (κ1) is 13.3. The van der Waals surface area contributed by atoms with Gasteiger partial charge in [0.25, 0.3) is 0 Å². The van der Waals surface area contributed by atoms with E-state index in [-0.39, 0.29) is 6.04 Å². The molecule has 2 aliphatic rings. The molecular weight excluding hydrogens is 282 g/mol. The lowest BCUT2D eigenvalue weighted by molar-refractivity contribution is 0.390. The van der Waals surface area contributed by atoms with Crippen LogP contribution < -0.4 is 4.72 Å². The Morgan fingerprint density at radius 3 is 2.48 bits per heavy atom. The maximum atomic E-state index is 12.6. The molecule has 2 aromatic carbocycles. The van der Waals surface area contributed by atoms with Crippen LogP contribution in [0.3, 0.4) is 0 Å². The lowest BCUT2D eigenvalue weighted by Crippen LogP contribution is -2.38. The maximum Gasteiger partial charge on any atom is 0.240 e. The number of hydrogen-bond donors (Lipinski definition) is 1. The van der Waals surface area contributed by atoms with Gasteiger partial charge < -0.3 is 0 Å². The summed E-state index contributed by atoms with van der Waals surface area (Å²) in [5.74, 6) is 1.28. The number of sulfonamides is 1. The van der Waals surface area contributed by atoms with Crippen LogP contribution in [-0.4, -0.2) is 14.5 Å². The van der Waals surface area contributed by atoms with Crippen molar-refractivity contribution in [3.05, 3.63) is 42.5 Å². The Labute approximate surface area is 125 Å². The molecule has 2 aromatic rings. The van der Waals surface area contributed by atoms with Crippen molar-refractivity contribution in [1.82, 2.24) is 4.72 Å². The lowest BCUT2D eigenvalue weighted by Gasteiger charge is -2.22. The second-order valence-electron chi connectivity index (χ2n) is 6.41. The van der Waals surface area contributed by atoms with Gasteiger partial charge in [0.05, 0.1) is 4.90 Å². The van der Waals surface area contributed by atoms with E-state index in [9.17, 15) is 8.42 Å². The molecule has 0 saturated heterocycles. The molecule has 0 aliphatic heterocycles. The zero-order valence-corrected chi connectivity index (χ0v) is 12.6. The Bertz CT molecular complexity index is 784. The molecule has 0 radical (unpaired) electrons. The first-order valence-electron chi connectivity index (χ1n) is 7.63. The quantitative estimate of drug-likeness (QED) is 0.945. The Hall–Kier alpha value is -1.39. The van der Waals surface area contributed by atoms with Crippen molar-refractivity contribution in [3.8, 4) is 0 Å². The molecule has 3 nitrogen and oxygen atoms in total. The van der Waals surface area contributed by atoms with E-state index in [0.29, 0.717) is 10.8 Å². The second kappa shape index (κ2) is 4.82. The number of rotatable bonds is 3. The fourth-order valence-corrected chi connectivity index (χ4v) is 5.34. The lowest BCUT2D eigenvalue weighted by atomic mass is 9.96. The summed E-state index contributed by atoms with van der Waals surface area (Å²) in [6.45, 7) is 0. The summed E-state index contributed by atoms with van der Waals surface area (Å²) in [5, 5.41) is 2.03. The molecule has 3 atom stereocenters. The van der Waals surface area contributed by atoms with Crippen LogP contribution in [0.2, 0.25) is 0 Å². The van der Waals surface area contributed by atoms with Gasteiger partial charge >= 0.3 is 0 Å². The highest BCUT2D eigenvalue weighted by molar-refractivity contribution is 7.89. The smallest absolute Gasteiger partial charge is 0.208 e. The topological polar surface area (TPSA) is 46.2 Å². The minimum absolute atomic E-state index is 0.139. The Balaban J connectivity index is 1.63. The van der Waals surface area contributed by atoms with Crippen molar-refractivity contribution in [2.45, 2.75) is 36.6 Å². The van der Waals surface area contributed by atoms with Gasteiger partial charge in [0.15, 0.2) is 0 Å². The van der Waals surface area contributed by atoms with Gasteiger partial charge in [-0.05, 0) is 54.0 Å². The molecule has 0 unspecified atom stereocenters. The van der Waals surface area contributed by atoms with Crippen LogP contribution in [0.25, 0.3) is 10.8 Å². The van der Waals surface area contributed by atoms with E-state index < -0.39 is 10.0 Å². The molecule has 4 heteroatoms. The van der Waals surface area contributed by atoms with E-state index in [4.69, 9.17) is 0 Å². The van der Waals surface area contributed by atoms with Gasteiger partial charge in [-0.2, -0.15) is 0 Å². The van der Waals surface area contributed by atoms with Crippen LogP contribution >= 0.6 is 0 Å². The maximum absolute atomic E-state index is 12.6. The van der Waals surface area contributed by atoms with Crippen molar-refractivity contribution in [2.75, 3.05) is 0 Å². The average molecular weight is 301 g/mol. The van der Waals surface area contributed by atoms with E-state index in [0.717, 1.165) is 23.1 Å². The van der Waals surface area contributed by atoms with Crippen molar-refractivity contribution >= 4 is 20.8 Å². The minimum Gasteiger partial charge on any atom is -0.208 e. The van der Waals surface area contributed by atoms with Crippen molar-refractivity contribution in [3.63, 3.8) is 0 Å². The molecule has 0 heterocycles. The highest BCUT2D eigenvalue weighted by Crippen LogP contribution is 2.44. The predicted octanol–water partition coefficient (Wildman–Crippen LogP) is 3.31. The standard InChI is InChI=1S/C17H19NO2S/c19-21(20,18-17-10-12-5-6-15(17)9-12)16-8-7-13-3-1-2-4-14(13)11-16/h1-4,7-8,11-12,15,17-18H,5-6,9-10H2/t12-,15-,17-/m1/s1. The normalized spacial score (nSPS) is 28.3. The second-order valence-corrected chi connectivity index (χ2v) is 8.13. The van der Waals surface area contributed by atoms with Gasteiger partial charge in [0.1, 0.15) is 0 Å². The largest absolute Gasteiger partial charge is 0.240 e. The molecule has 0 spiro atoms. The number of nitrogens with one attached hydrogen (secondary N) is 1. The molecule has 21 heavy (non-hydrogen) atoms. The minimum atomic E-state index is -3.41. The molecular formula is C17H19NO2S. The first-order chi connectivity index (χ1) is 10.1. The van der Waals surface area contributed by atoms with Gasteiger partial charge in [0.2, 0.25) is 10.0 Å². The molecule has 2 fully saturated rings.